The van der Waals surface area contributed by atoms with Crippen molar-refractivity contribution in [3.05, 3.63) is 68.7 Å². The van der Waals surface area contributed by atoms with Gasteiger partial charge in [-0.3, -0.25) is 14.9 Å². The van der Waals surface area contributed by atoms with Gasteiger partial charge in [0.2, 0.25) is 0 Å². The number of carbonyl (C=O) groups is 1. The fourth-order valence-electron chi connectivity index (χ4n) is 2.19. The minimum atomic E-state index is -0.506. The second-order valence-electron chi connectivity index (χ2n) is 5.12. The number of nitrogens with one attached hydrogen (secondary N) is 1. The van der Waals surface area contributed by atoms with E-state index in [4.69, 9.17) is 4.74 Å². The van der Waals surface area contributed by atoms with Gasteiger partial charge in [-0.05, 0) is 30.2 Å². The highest BCUT2D eigenvalue weighted by atomic mass is 79.9. The summed E-state index contributed by atoms with van der Waals surface area (Å²) in [4.78, 5) is 22.3. The lowest BCUT2D eigenvalue weighted by atomic mass is 10.0. The third-order valence-electron chi connectivity index (χ3n) is 3.41. The Kier molecular flexibility index (Phi) is 6.31. The van der Waals surface area contributed by atoms with E-state index >= 15 is 0 Å². The average Bonchev–Trinajstić information content (AvgIpc) is 2.59. The van der Waals surface area contributed by atoms with Crippen LogP contribution in [0, 0.1) is 10.1 Å². The van der Waals surface area contributed by atoms with Crippen LogP contribution in [-0.4, -0.2) is 17.4 Å². The molecule has 2 aromatic carbocycles. The SMILES string of the molecule is CC[C@H](NC(=O)COc1cccc([N+](=O)[O-])c1)c1ccc(Br)cc1. The lowest BCUT2D eigenvalue weighted by Crippen LogP contribution is -2.32. The third kappa shape index (κ3) is 5.06. The molecule has 126 valence electrons. The summed E-state index contributed by atoms with van der Waals surface area (Å²) in [5, 5.41) is 13.6. The summed E-state index contributed by atoms with van der Waals surface area (Å²) in [6.45, 7) is 1.78. The van der Waals surface area contributed by atoms with E-state index in [9.17, 15) is 14.9 Å². The molecule has 0 saturated heterocycles. The molecule has 7 heteroatoms. The van der Waals surface area contributed by atoms with Crippen molar-refractivity contribution < 1.29 is 14.5 Å². The molecular formula is C17H17BrN2O4. The molecule has 0 aliphatic rings. The van der Waals surface area contributed by atoms with Crippen LogP contribution in [0.4, 0.5) is 5.69 Å². The van der Waals surface area contributed by atoms with Crippen molar-refractivity contribution >= 4 is 27.5 Å². The lowest BCUT2D eigenvalue weighted by Gasteiger charge is -2.17. The standard InChI is InChI=1S/C17H17BrN2O4/c1-2-16(12-6-8-13(18)9-7-12)19-17(21)11-24-15-5-3-4-14(10-15)20(22)23/h3-10,16H,2,11H2,1H3,(H,19,21)/t16-/m0/s1. The Morgan fingerprint density at radius 2 is 2.00 bits per heavy atom. The summed E-state index contributed by atoms with van der Waals surface area (Å²) in [5.41, 5.74) is 0.929. The quantitative estimate of drug-likeness (QED) is 0.570. The Morgan fingerprint density at radius 3 is 2.62 bits per heavy atom. The van der Waals surface area contributed by atoms with Gasteiger partial charge in [-0.15, -0.1) is 0 Å². The molecule has 0 aliphatic heterocycles. The van der Waals surface area contributed by atoms with Gasteiger partial charge in [0, 0.05) is 10.5 Å². The lowest BCUT2D eigenvalue weighted by molar-refractivity contribution is -0.384. The van der Waals surface area contributed by atoms with Gasteiger partial charge in [-0.1, -0.05) is 41.1 Å². The zero-order valence-corrected chi connectivity index (χ0v) is 14.7. The number of hydrogen-bond donors (Lipinski definition) is 1. The number of halogens is 1. The smallest absolute Gasteiger partial charge is 0.273 e. The first-order chi connectivity index (χ1) is 11.5. The molecule has 0 saturated carbocycles. The molecule has 0 spiro atoms. The molecule has 0 aromatic heterocycles. The average molecular weight is 393 g/mol. The molecule has 0 aliphatic carbocycles. The summed E-state index contributed by atoms with van der Waals surface area (Å²) < 4.78 is 6.31. The van der Waals surface area contributed by atoms with Crippen molar-refractivity contribution in [2.75, 3.05) is 6.61 Å². The zero-order chi connectivity index (χ0) is 17.5. The number of nitro groups is 1. The molecule has 6 nitrogen and oxygen atoms in total. The maximum absolute atomic E-state index is 12.1. The summed E-state index contributed by atoms with van der Waals surface area (Å²) in [7, 11) is 0. The summed E-state index contributed by atoms with van der Waals surface area (Å²) >= 11 is 3.38. The van der Waals surface area contributed by atoms with E-state index in [0.717, 1.165) is 16.5 Å². The maximum atomic E-state index is 12.1. The van der Waals surface area contributed by atoms with Crippen LogP contribution >= 0.6 is 15.9 Å². The predicted octanol–water partition coefficient (Wildman–Crippen LogP) is 4.00. The normalized spacial score (nSPS) is 11.6. The van der Waals surface area contributed by atoms with Crippen molar-refractivity contribution in [2.24, 2.45) is 0 Å². The monoisotopic (exact) mass is 392 g/mol. The second-order valence-corrected chi connectivity index (χ2v) is 6.04. The molecule has 2 aromatic rings. The Morgan fingerprint density at radius 1 is 1.29 bits per heavy atom. The van der Waals surface area contributed by atoms with Gasteiger partial charge in [-0.25, -0.2) is 0 Å². The number of nitro benzene ring substituents is 1. The topological polar surface area (TPSA) is 81.5 Å². The number of carbonyl (C=O) groups excluding carboxylic acids is 1. The van der Waals surface area contributed by atoms with E-state index in [2.05, 4.69) is 21.2 Å². The molecule has 0 radical (unpaired) electrons. The molecule has 0 unspecified atom stereocenters. The molecule has 0 bridgehead atoms. The van der Waals surface area contributed by atoms with Gasteiger partial charge < -0.3 is 10.1 Å². The van der Waals surface area contributed by atoms with E-state index in [1.54, 1.807) is 6.07 Å². The molecule has 24 heavy (non-hydrogen) atoms. The van der Waals surface area contributed by atoms with Gasteiger partial charge in [0.05, 0.1) is 17.0 Å². The first-order valence-electron chi connectivity index (χ1n) is 7.41. The third-order valence-corrected chi connectivity index (χ3v) is 3.94. The van der Waals surface area contributed by atoms with Crippen LogP contribution in [0.2, 0.25) is 0 Å². The summed E-state index contributed by atoms with van der Waals surface area (Å²) in [6.07, 6.45) is 0.740. The summed E-state index contributed by atoms with van der Waals surface area (Å²) in [5.74, 6) is 0.00677. The van der Waals surface area contributed by atoms with Crippen molar-refractivity contribution in [1.82, 2.24) is 5.32 Å². The Bertz CT molecular complexity index is 719. The summed E-state index contributed by atoms with van der Waals surface area (Å²) in [6, 6.07) is 13.4. The van der Waals surface area contributed by atoms with E-state index in [1.807, 2.05) is 31.2 Å². The predicted molar refractivity (Wildman–Crippen MR) is 93.9 cm³/mol. The van der Waals surface area contributed by atoms with Crippen LogP contribution in [0.25, 0.3) is 0 Å². The Hall–Kier alpha value is -2.41. The van der Waals surface area contributed by atoms with Gasteiger partial charge in [0.1, 0.15) is 5.75 Å². The number of hydrogen-bond acceptors (Lipinski definition) is 4. The minimum Gasteiger partial charge on any atom is -0.484 e. The maximum Gasteiger partial charge on any atom is 0.273 e. The zero-order valence-electron chi connectivity index (χ0n) is 13.1. The molecular weight excluding hydrogens is 376 g/mol. The fraction of sp³-hybridized carbons (Fsp3) is 0.235. The van der Waals surface area contributed by atoms with E-state index in [1.165, 1.54) is 18.2 Å². The van der Waals surface area contributed by atoms with E-state index < -0.39 is 4.92 Å². The molecule has 0 heterocycles. The highest BCUT2D eigenvalue weighted by Crippen LogP contribution is 2.20. The number of non-ortho nitro benzene ring substituents is 1. The van der Waals surface area contributed by atoms with Crippen LogP contribution in [0.3, 0.4) is 0 Å². The van der Waals surface area contributed by atoms with E-state index in [0.29, 0.717) is 0 Å². The van der Waals surface area contributed by atoms with Crippen LogP contribution < -0.4 is 10.1 Å². The first-order valence-corrected chi connectivity index (χ1v) is 8.21. The number of benzene rings is 2. The van der Waals surface area contributed by atoms with Gasteiger partial charge in [0.15, 0.2) is 6.61 Å². The molecule has 1 amide bonds. The van der Waals surface area contributed by atoms with Gasteiger partial charge in [-0.2, -0.15) is 0 Å². The van der Waals surface area contributed by atoms with Crippen LogP contribution in [0.15, 0.2) is 53.0 Å². The minimum absolute atomic E-state index is 0.0748. The molecule has 1 atom stereocenters. The van der Waals surface area contributed by atoms with Crippen LogP contribution in [0.5, 0.6) is 5.75 Å². The Labute approximate surface area is 148 Å². The number of ether oxygens (including phenoxy) is 1. The van der Waals surface area contributed by atoms with Crippen LogP contribution in [0.1, 0.15) is 24.9 Å². The van der Waals surface area contributed by atoms with Crippen LogP contribution in [-0.2, 0) is 4.79 Å². The largest absolute Gasteiger partial charge is 0.484 e. The van der Waals surface area contributed by atoms with Crippen molar-refractivity contribution in [3.63, 3.8) is 0 Å². The molecule has 2 rings (SSSR count). The highest BCUT2D eigenvalue weighted by molar-refractivity contribution is 9.10. The van der Waals surface area contributed by atoms with Crippen molar-refractivity contribution in [1.29, 1.82) is 0 Å². The van der Waals surface area contributed by atoms with E-state index in [-0.39, 0.29) is 30.0 Å². The fourth-order valence-corrected chi connectivity index (χ4v) is 2.45. The Balaban J connectivity index is 1.93. The highest BCUT2D eigenvalue weighted by Gasteiger charge is 2.14. The number of rotatable bonds is 7. The number of nitrogens with zero attached hydrogens (tertiary/aromatic N) is 1. The van der Waals surface area contributed by atoms with Crippen molar-refractivity contribution in [2.45, 2.75) is 19.4 Å². The second kappa shape index (κ2) is 8.44. The molecule has 1 N–H and O–H groups in total. The van der Waals surface area contributed by atoms with Crippen molar-refractivity contribution in [3.8, 4) is 5.75 Å². The first kappa shape index (κ1) is 17.9. The molecule has 0 fully saturated rings. The number of amides is 1. The van der Waals surface area contributed by atoms with Gasteiger partial charge in [0.25, 0.3) is 11.6 Å². The van der Waals surface area contributed by atoms with Gasteiger partial charge >= 0.3 is 0 Å².